The van der Waals surface area contributed by atoms with Gasteiger partial charge in [-0.25, -0.2) is 13.1 Å². The lowest BCUT2D eigenvalue weighted by atomic mass is 9.83. The minimum absolute atomic E-state index is 0.149. The maximum atomic E-state index is 12.2. The molecule has 2 unspecified atom stereocenters. The summed E-state index contributed by atoms with van der Waals surface area (Å²) < 4.78 is 27.2. The first-order valence-corrected chi connectivity index (χ1v) is 8.69. The molecule has 1 aliphatic carbocycles. The highest BCUT2D eigenvalue weighted by Gasteiger charge is 2.21. The summed E-state index contributed by atoms with van der Waals surface area (Å²) in [4.78, 5) is 0.230. The molecule has 0 spiro atoms. The van der Waals surface area contributed by atoms with Crippen molar-refractivity contribution in [1.29, 1.82) is 0 Å². The summed E-state index contributed by atoms with van der Waals surface area (Å²) in [5.41, 5.74) is 0.610. The molecule has 2 N–H and O–H groups in total. The van der Waals surface area contributed by atoms with E-state index in [2.05, 4.69) is 11.6 Å². The molecule has 0 amide bonds. The molecule has 1 fully saturated rings. The van der Waals surface area contributed by atoms with Crippen molar-refractivity contribution in [2.75, 3.05) is 6.54 Å². The van der Waals surface area contributed by atoms with E-state index in [0.29, 0.717) is 23.9 Å². The molecule has 0 heterocycles. The van der Waals surface area contributed by atoms with Crippen LogP contribution in [0.4, 0.5) is 0 Å². The third-order valence-corrected chi connectivity index (χ3v) is 5.42. The summed E-state index contributed by atoms with van der Waals surface area (Å²) in [7, 11) is -3.47. The fourth-order valence-electron chi connectivity index (χ4n) is 2.87. The van der Waals surface area contributed by atoms with Crippen LogP contribution in [0.25, 0.3) is 0 Å². The molecule has 0 aliphatic heterocycles. The van der Waals surface area contributed by atoms with Crippen LogP contribution in [0, 0.1) is 11.8 Å². The van der Waals surface area contributed by atoms with Crippen molar-refractivity contribution in [2.24, 2.45) is 11.8 Å². The van der Waals surface area contributed by atoms with Crippen molar-refractivity contribution in [3.8, 4) is 0 Å². The normalized spacial score (nSPS) is 23.7. The van der Waals surface area contributed by atoms with Crippen LogP contribution in [0.5, 0.6) is 0 Å². The van der Waals surface area contributed by atoms with Gasteiger partial charge in [-0.3, -0.25) is 0 Å². The van der Waals surface area contributed by atoms with Gasteiger partial charge in [0.05, 0.1) is 11.5 Å². The van der Waals surface area contributed by atoms with E-state index >= 15 is 0 Å². The van der Waals surface area contributed by atoms with Crippen LogP contribution in [-0.4, -0.2) is 20.1 Å². The maximum Gasteiger partial charge on any atom is 0.240 e. The fourth-order valence-corrected chi connectivity index (χ4v) is 4.05. The first-order valence-electron chi connectivity index (χ1n) is 7.20. The van der Waals surface area contributed by atoms with E-state index in [0.717, 1.165) is 12.8 Å². The lowest BCUT2D eigenvalue weighted by Crippen LogP contribution is -2.31. The average Bonchev–Trinajstić information content (AvgIpc) is 2.45. The molecule has 2 rings (SSSR count). The van der Waals surface area contributed by atoms with E-state index in [-0.39, 0.29) is 11.5 Å². The van der Waals surface area contributed by atoms with Crippen LogP contribution < -0.4 is 4.72 Å². The van der Waals surface area contributed by atoms with Gasteiger partial charge >= 0.3 is 0 Å². The van der Waals surface area contributed by atoms with Gasteiger partial charge in [0.1, 0.15) is 0 Å². The lowest BCUT2D eigenvalue weighted by Gasteiger charge is -2.26. The Morgan fingerprint density at radius 1 is 1.35 bits per heavy atom. The predicted octanol–water partition coefficient (Wildman–Crippen LogP) is 2.28. The standard InChI is InChI=1S/C15H23NO3S/c1-12-4-2-5-13(8-12)10-16-20(18,19)15-7-3-6-14(9-15)11-17/h3,6-7,9,12-13,16-17H,2,4-5,8,10-11H2,1H3. The zero-order chi connectivity index (χ0) is 14.6. The van der Waals surface area contributed by atoms with Crippen LogP contribution in [0.1, 0.15) is 38.2 Å². The number of hydrogen-bond acceptors (Lipinski definition) is 3. The second-order valence-corrected chi connectivity index (χ2v) is 7.56. The quantitative estimate of drug-likeness (QED) is 0.876. The molecule has 0 saturated heterocycles. The zero-order valence-corrected chi connectivity index (χ0v) is 12.7. The van der Waals surface area contributed by atoms with Gasteiger partial charge in [0.15, 0.2) is 0 Å². The number of nitrogens with one attached hydrogen (secondary N) is 1. The van der Waals surface area contributed by atoms with Gasteiger partial charge in [-0.1, -0.05) is 31.9 Å². The minimum Gasteiger partial charge on any atom is -0.392 e. The van der Waals surface area contributed by atoms with Crippen LogP contribution >= 0.6 is 0 Å². The predicted molar refractivity (Wildman–Crippen MR) is 78.7 cm³/mol. The first kappa shape index (κ1) is 15.5. The van der Waals surface area contributed by atoms with Gasteiger partial charge in [-0.15, -0.1) is 0 Å². The van der Waals surface area contributed by atoms with Gasteiger partial charge in [0.2, 0.25) is 10.0 Å². The summed E-state index contributed by atoms with van der Waals surface area (Å²) in [6, 6.07) is 6.45. The number of benzene rings is 1. The number of rotatable bonds is 5. The van der Waals surface area contributed by atoms with E-state index in [4.69, 9.17) is 5.11 Å². The SMILES string of the molecule is CC1CCCC(CNS(=O)(=O)c2cccc(CO)c2)C1. The summed E-state index contributed by atoms with van der Waals surface area (Å²) in [6.07, 6.45) is 4.64. The molecule has 20 heavy (non-hydrogen) atoms. The highest BCUT2D eigenvalue weighted by Crippen LogP contribution is 2.28. The lowest BCUT2D eigenvalue weighted by molar-refractivity contribution is 0.281. The second kappa shape index (κ2) is 6.70. The summed E-state index contributed by atoms with van der Waals surface area (Å²) in [5, 5.41) is 9.08. The number of sulfonamides is 1. The second-order valence-electron chi connectivity index (χ2n) is 5.80. The maximum absolute atomic E-state index is 12.2. The topological polar surface area (TPSA) is 66.4 Å². The van der Waals surface area contributed by atoms with Gasteiger partial charge in [0, 0.05) is 6.54 Å². The summed E-state index contributed by atoms with van der Waals surface area (Å²) >= 11 is 0. The van der Waals surface area contributed by atoms with E-state index in [1.165, 1.54) is 18.9 Å². The Morgan fingerprint density at radius 2 is 2.15 bits per heavy atom. The molecular formula is C15H23NO3S. The molecule has 1 aliphatic rings. The van der Waals surface area contributed by atoms with Crippen molar-refractivity contribution in [2.45, 2.75) is 44.1 Å². The molecule has 0 radical (unpaired) electrons. The van der Waals surface area contributed by atoms with E-state index in [9.17, 15) is 8.42 Å². The molecule has 5 heteroatoms. The third kappa shape index (κ3) is 4.04. The molecule has 1 saturated carbocycles. The zero-order valence-electron chi connectivity index (χ0n) is 11.9. The molecule has 0 bridgehead atoms. The number of aliphatic hydroxyl groups is 1. The van der Waals surface area contributed by atoms with Crippen LogP contribution in [0.15, 0.2) is 29.2 Å². The number of aliphatic hydroxyl groups excluding tert-OH is 1. The highest BCUT2D eigenvalue weighted by atomic mass is 32.2. The first-order chi connectivity index (χ1) is 9.51. The summed E-state index contributed by atoms with van der Waals surface area (Å²) in [5.74, 6) is 1.13. The molecule has 4 nitrogen and oxygen atoms in total. The van der Waals surface area contributed by atoms with Crippen molar-refractivity contribution in [3.63, 3.8) is 0 Å². The van der Waals surface area contributed by atoms with Crippen molar-refractivity contribution >= 4 is 10.0 Å². The fraction of sp³-hybridized carbons (Fsp3) is 0.600. The van der Waals surface area contributed by atoms with Crippen molar-refractivity contribution in [3.05, 3.63) is 29.8 Å². The van der Waals surface area contributed by atoms with Gasteiger partial charge < -0.3 is 5.11 Å². The van der Waals surface area contributed by atoms with Crippen molar-refractivity contribution < 1.29 is 13.5 Å². The number of hydrogen-bond donors (Lipinski definition) is 2. The average molecular weight is 297 g/mol. The summed E-state index contributed by atoms with van der Waals surface area (Å²) in [6.45, 7) is 2.59. The highest BCUT2D eigenvalue weighted by molar-refractivity contribution is 7.89. The van der Waals surface area contributed by atoms with E-state index in [1.807, 2.05) is 0 Å². The Balaban J connectivity index is 1.99. The van der Waals surface area contributed by atoms with E-state index in [1.54, 1.807) is 18.2 Å². The molecule has 0 aromatic heterocycles. The Morgan fingerprint density at radius 3 is 2.85 bits per heavy atom. The molecule has 1 aromatic rings. The van der Waals surface area contributed by atoms with Crippen LogP contribution in [0.2, 0.25) is 0 Å². The van der Waals surface area contributed by atoms with Crippen LogP contribution in [-0.2, 0) is 16.6 Å². The van der Waals surface area contributed by atoms with Gasteiger partial charge in [-0.2, -0.15) is 0 Å². The van der Waals surface area contributed by atoms with Gasteiger partial charge in [-0.05, 0) is 42.4 Å². The molecule has 2 atom stereocenters. The largest absolute Gasteiger partial charge is 0.392 e. The van der Waals surface area contributed by atoms with E-state index < -0.39 is 10.0 Å². The molecule has 112 valence electrons. The van der Waals surface area contributed by atoms with Crippen LogP contribution in [0.3, 0.4) is 0 Å². The molecule has 1 aromatic carbocycles. The Hall–Kier alpha value is -0.910. The Bertz CT molecular complexity index is 542. The van der Waals surface area contributed by atoms with Crippen molar-refractivity contribution in [1.82, 2.24) is 4.72 Å². The Kier molecular flexibility index (Phi) is 5.18. The molecular weight excluding hydrogens is 274 g/mol. The third-order valence-electron chi connectivity index (χ3n) is 4.00. The van der Waals surface area contributed by atoms with Gasteiger partial charge in [0.25, 0.3) is 0 Å². The smallest absolute Gasteiger partial charge is 0.240 e. The minimum atomic E-state index is -3.47. The monoisotopic (exact) mass is 297 g/mol. The Labute approximate surface area is 121 Å².